The molecule has 0 amide bonds. The van der Waals surface area contributed by atoms with E-state index in [0.29, 0.717) is 0 Å². The molecule has 0 unspecified atom stereocenters. The predicted octanol–water partition coefficient (Wildman–Crippen LogP) is 0.998. The van der Waals surface area contributed by atoms with E-state index in [-0.39, 0.29) is 0 Å². The Balaban J connectivity index is 2.78. The molecule has 10 heavy (non-hydrogen) atoms. The van der Waals surface area contributed by atoms with Crippen LogP contribution in [0.15, 0.2) is 10.5 Å². The first-order valence-electron chi connectivity index (χ1n) is 3.04. The van der Waals surface area contributed by atoms with Gasteiger partial charge in [0.05, 0.1) is 16.9 Å². The molecule has 3 nitrogen and oxygen atoms in total. The van der Waals surface area contributed by atoms with E-state index in [1.165, 1.54) is 0 Å². The molecule has 0 aliphatic heterocycles. The van der Waals surface area contributed by atoms with Crippen LogP contribution in [0, 0.1) is 0 Å². The molecule has 0 saturated heterocycles. The van der Waals surface area contributed by atoms with Crippen molar-refractivity contribution in [2.45, 2.75) is 13.3 Å². The third-order valence-electron chi connectivity index (χ3n) is 1.08. The lowest BCUT2D eigenvalue weighted by Crippen LogP contribution is -1.86. The Morgan fingerprint density at radius 3 is 3.20 bits per heavy atom. The molecule has 0 bridgehead atoms. The fraction of sp³-hybridized carbons (Fsp3) is 0.333. The first-order chi connectivity index (χ1) is 4.86. The van der Waals surface area contributed by atoms with Crippen LogP contribution in [0.4, 0.5) is 0 Å². The number of nitrogens with zero attached hydrogens (tertiary/aromatic N) is 2. The number of hydrogen-bond donors (Lipinski definition) is 1. The summed E-state index contributed by atoms with van der Waals surface area (Å²) in [4.78, 5) is 4.21. The van der Waals surface area contributed by atoms with Crippen molar-refractivity contribution in [2.75, 3.05) is 0 Å². The maximum absolute atomic E-state index is 4.95. The van der Waals surface area contributed by atoms with Gasteiger partial charge in [0.25, 0.3) is 0 Å². The average molecular weight is 155 g/mol. The minimum absolute atomic E-state index is 0.851. The lowest BCUT2D eigenvalue weighted by atomic mass is 10.5. The molecule has 1 heterocycles. The standard InChI is InChI=1S/C6H9N3S/c1-2-6-9-5(3-8-7)4-10-6/h3-4H,2,7H2,1H3/b8-3+. The van der Waals surface area contributed by atoms with Gasteiger partial charge in [0.2, 0.25) is 0 Å². The number of hydrogen-bond acceptors (Lipinski definition) is 4. The normalized spacial score (nSPS) is 10.9. The van der Waals surface area contributed by atoms with E-state index in [0.717, 1.165) is 17.1 Å². The van der Waals surface area contributed by atoms with Crippen LogP contribution < -0.4 is 5.84 Å². The van der Waals surface area contributed by atoms with Gasteiger partial charge in [-0.1, -0.05) is 6.92 Å². The van der Waals surface area contributed by atoms with Gasteiger partial charge >= 0.3 is 0 Å². The smallest absolute Gasteiger partial charge is 0.0942 e. The highest BCUT2D eigenvalue weighted by Crippen LogP contribution is 2.07. The van der Waals surface area contributed by atoms with E-state index in [4.69, 9.17) is 5.84 Å². The van der Waals surface area contributed by atoms with E-state index in [9.17, 15) is 0 Å². The van der Waals surface area contributed by atoms with Crippen LogP contribution in [-0.4, -0.2) is 11.2 Å². The fourth-order valence-corrected chi connectivity index (χ4v) is 1.32. The van der Waals surface area contributed by atoms with Crippen LogP contribution in [0.25, 0.3) is 0 Å². The number of rotatable bonds is 2. The van der Waals surface area contributed by atoms with Crippen molar-refractivity contribution < 1.29 is 0 Å². The van der Waals surface area contributed by atoms with Crippen molar-refractivity contribution >= 4 is 17.6 Å². The fourth-order valence-electron chi connectivity index (χ4n) is 0.623. The van der Waals surface area contributed by atoms with Crippen LogP contribution in [0.1, 0.15) is 17.6 Å². The summed E-state index contributed by atoms with van der Waals surface area (Å²) >= 11 is 1.63. The molecule has 1 aromatic heterocycles. The number of hydrazone groups is 1. The minimum atomic E-state index is 0.851. The summed E-state index contributed by atoms with van der Waals surface area (Å²) < 4.78 is 0. The molecule has 54 valence electrons. The second kappa shape index (κ2) is 3.31. The third kappa shape index (κ3) is 1.54. The molecule has 2 N–H and O–H groups in total. The second-order valence-corrected chi connectivity index (χ2v) is 2.74. The summed E-state index contributed by atoms with van der Waals surface area (Å²) in [6.45, 7) is 2.07. The van der Waals surface area contributed by atoms with Gasteiger partial charge in [-0.05, 0) is 6.42 Å². The van der Waals surface area contributed by atoms with Crippen molar-refractivity contribution in [3.8, 4) is 0 Å². The summed E-state index contributed by atoms with van der Waals surface area (Å²) in [7, 11) is 0. The van der Waals surface area contributed by atoms with Gasteiger partial charge in [-0.25, -0.2) is 4.98 Å². The van der Waals surface area contributed by atoms with Gasteiger partial charge in [-0.2, -0.15) is 5.10 Å². The lowest BCUT2D eigenvalue weighted by molar-refractivity contribution is 1.09. The van der Waals surface area contributed by atoms with E-state index < -0.39 is 0 Å². The first kappa shape index (κ1) is 7.21. The molecule has 0 aromatic carbocycles. The zero-order valence-electron chi connectivity index (χ0n) is 5.74. The molecule has 1 rings (SSSR count). The molecule has 0 atom stereocenters. The number of aromatic nitrogens is 1. The Kier molecular flexibility index (Phi) is 2.39. The predicted molar refractivity (Wildman–Crippen MR) is 43.3 cm³/mol. The summed E-state index contributed by atoms with van der Waals surface area (Å²) in [5, 5.41) is 6.43. The highest BCUT2D eigenvalue weighted by molar-refractivity contribution is 7.09. The maximum Gasteiger partial charge on any atom is 0.0942 e. The molecule has 0 saturated carbocycles. The molecule has 0 radical (unpaired) electrons. The van der Waals surface area contributed by atoms with Crippen molar-refractivity contribution in [1.29, 1.82) is 0 Å². The van der Waals surface area contributed by atoms with Gasteiger partial charge in [-0.15, -0.1) is 11.3 Å². The quantitative estimate of drug-likeness (QED) is 0.393. The van der Waals surface area contributed by atoms with E-state index in [1.807, 2.05) is 5.38 Å². The molecule has 0 fully saturated rings. The summed E-state index contributed by atoms with van der Waals surface area (Å²) in [5.74, 6) is 4.95. The summed E-state index contributed by atoms with van der Waals surface area (Å²) in [6.07, 6.45) is 2.53. The van der Waals surface area contributed by atoms with Gasteiger partial charge in [-0.3, -0.25) is 0 Å². The second-order valence-electron chi connectivity index (χ2n) is 1.80. The van der Waals surface area contributed by atoms with Gasteiger partial charge in [0, 0.05) is 5.38 Å². The topological polar surface area (TPSA) is 51.3 Å². The zero-order chi connectivity index (χ0) is 7.40. The lowest BCUT2D eigenvalue weighted by Gasteiger charge is -1.80. The largest absolute Gasteiger partial charge is 0.323 e. The van der Waals surface area contributed by atoms with Crippen molar-refractivity contribution in [1.82, 2.24) is 4.98 Å². The van der Waals surface area contributed by atoms with Crippen molar-refractivity contribution in [3.63, 3.8) is 0 Å². The van der Waals surface area contributed by atoms with E-state index in [1.54, 1.807) is 17.6 Å². The number of thiazole rings is 1. The monoisotopic (exact) mass is 155 g/mol. The SMILES string of the molecule is CCc1nc(/C=N/N)cs1. The van der Waals surface area contributed by atoms with Gasteiger partial charge < -0.3 is 5.84 Å². The Morgan fingerprint density at radius 2 is 2.70 bits per heavy atom. The molecule has 0 aliphatic carbocycles. The van der Waals surface area contributed by atoms with E-state index >= 15 is 0 Å². The number of aryl methyl sites for hydroxylation is 1. The van der Waals surface area contributed by atoms with Crippen LogP contribution >= 0.6 is 11.3 Å². The molecular formula is C6H9N3S. The molecule has 0 spiro atoms. The van der Waals surface area contributed by atoms with Gasteiger partial charge in [0.1, 0.15) is 0 Å². The molecule has 0 aliphatic rings. The van der Waals surface area contributed by atoms with Crippen LogP contribution in [-0.2, 0) is 6.42 Å². The third-order valence-corrected chi connectivity index (χ3v) is 2.09. The minimum Gasteiger partial charge on any atom is -0.323 e. The maximum atomic E-state index is 4.95. The Labute approximate surface area is 63.6 Å². The van der Waals surface area contributed by atoms with Crippen LogP contribution in [0.2, 0.25) is 0 Å². The van der Waals surface area contributed by atoms with Crippen LogP contribution in [0.5, 0.6) is 0 Å². The Bertz CT molecular complexity index is 229. The average Bonchev–Trinajstić information content (AvgIpc) is 2.37. The molecule has 4 heteroatoms. The van der Waals surface area contributed by atoms with Crippen LogP contribution in [0.3, 0.4) is 0 Å². The number of nitrogens with two attached hydrogens (primary N) is 1. The zero-order valence-corrected chi connectivity index (χ0v) is 6.56. The first-order valence-corrected chi connectivity index (χ1v) is 3.92. The molecular weight excluding hydrogens is 146 g/mol. The summed E-state index contributed by atoms with van der Waals surface area (Å²) in [6, 6.07) is 0. The summed E-state index contributed by atoms with van der Waals surface area (Å²) in [5.41, 5.74) is 0.851. The molecule has 1 aromatic rings. The highest BCUT2D eigenvalue weighted by Gasteiger charge is 1.94. The highest BCUT2D eigenvalue weighted by atomic mass is 32.1. The Hall–Kier alpha value is -0.900. The van der Waals surface area contributed by atoms with E-state index in [2.05, 4.69) is 17.0 Å². The van der Waals surface area contributed by atoms with Gasteiger partial charge in [0.15, 0.2) is 0 Å². The Morgan fingerprint density at radius 1 is 1.90 bits per heavy atom. The van der Waals surface area contributed by atoms with Crippen molar-refractivity contribution in [3.05, 3.63) is 16.1 Å². The van der Waals surface area contributed by atoms with Crippen molar-refractivity contribution in [2.24, 2.45) is 10.9 Å².